The van der Waals surface area contributed by atoms with Gasteiger partial charge in [0, 0.05) is 37.0 Å². The van der Waals surface area contributed by atoms with Crippen molar-refractivity contribution in [2.45, 2.75) is 51.1 Å². The summed E-state index contributed by atoms with van der Waals surface area (Å²) in [7, 11) is 2.00. The highest BCUT2D eigenvalue weighted by molar-refractivity contribution is 7.98. The molecule has 0 fully saturated rings. The van der Waals surface area contributed by atoms with Gasteiger partial charge in [0.15, 0.2) is 5.16 Å². The number of aromatic nitrogens is 2. The first-order valence-corrected chi connectivity index (χ1v) is 10.9. The molecule has 28 heavy (non-hydrogen) atoms. The standard InChI is InChI=1S/C21H29ClN4OS/c1-6-11-26(5)19-12-18(22)24-21(25-19)28-13-16-7-9-17(10-8-16)20(27)23-15(4)14(2)3/h7-10,12,14-15H,6,11,13H2,1-5H3,(H,23,27)/t15-/m1/s1. The maximum absolute atomic E-state index is 12.3. The lowest BCUT2D eigenvalue weighted by molar-refractivity contribution is 0.0930. The zero-order valence-corrected chi connectivity index (χ0v) is 18.8. The van der Waals surface area contributed by atoms with Gasteiger partial charge >= 0.3 is 0 Å². The van der Waals surface area contributed by atoms with Gasteiger partial charge in [0.25, 0.3) is 5.91 Å². The second-order valence-electron chi connectivity index (χ2n) is 7.24. The van der Waals surface area contributed by atoms with Gasteiger partial charge in [0.2, 0.25) is 0 Å². The van der Waals surface area contributed by atoms with E-state index in [1.165, 1.54) is 11.8 Å². The molecule has 7 heteroatoms. The molecule has 1 heterocycles. The van der Waals surface area contributed by atoms with Gasteiger partial charge in [-0.3, -0.25) is 4.79 Å². The van der Waals surface area contributed by atoms with Crippen molar-refractivity contribution in [3.63, 3.8) is 0 Å². The first-order chi connectivity index (χ1) is 13.3. The predicted octanol–water partition coefficient (Wildman–Crippen LogP) is 5.04. The summed E-state index contributed by atoms with van der Waals surface area (Å²) in [4.78, 5) is 23.3. The maximum atomic E-state index is 12.3. The molecule has 152 valence electrons. The van der Waals surface area contributed by atoms with Crippen LogP contribution in [0.2, 0.25) is 5.15 Å². The van der Waals surface area contributed by atoms with Crippen LogP contribution >= 0.6 is 23.4 Å². The molecule has 0 saturated carbocycles. The van der Waals surface area contributed by atoms with Crippen LogP contribution in [0.1, 0.15) is 50.0 Å². The van der Waals surface area contributed by atoms with E-state index in [-0.39, 0.29) is 11.9 Å². The van der Waals surface area contributed by atoms with E-state index in [1.807, 2.05) is 38.2 Å². The average Bonchev–Trinajstić information content (AvgIpc) is 2.66. The smallest absolute Gasteiger partial charge is 0.251 e. The Bertz CT molecular complexity index is 782. The summed E-state index contributed by atoms with van der Waals surface area (Å²) in [6.45, 7) is 9.24. The number of nitrogens with zero attached hydrogens (tertiary/aromatic N) is 3. The molecule has 0 aliphatic heterocycles. The Hall–Kier alpha value is -1.79. The second kappa shape index (κ2) is 10.7. The highest BCUT2D eigenvalue weighted by atomic mass is 35.5. The molecule has 2 rings (SSSR count). The number of carbonyl (C=O) groups excluding carboxylic acids is 1. The molecule has 1 atom stereocenters. The SMILES string of the molecule is CCCN(C)c1cc(Cl)nc(SCc2ccc(C(=O)N[C@H](C)C(C)C)cc2)n1. The number of carbonyl (C=O) groups is 1. The van der Waals surface area contributed by atoms with E-state index in [2.05, 4.69) is 41.0 Å². The van der Waals surface area contributed by atoms with Crippen molar-refractivity contribution < 1.29 is 4.79 Å². The lowest BCUT2D eigenvalue weighted by Crippen LogP contribution is -2.36. The summed E-state index contributed by atoms with van der Waals surface area (Å²) in [5.74, 6) is 1.90. The monoisotopic (exact) mass is 420 g/mol. The van der Waals surface area contributed by atoms with Crippen LogP contribution < -0.4 is 10.2 Å². The van der Waals surface area contributed by atoms with Crippen LogP contribution in [0.25, 0.3) is 0 Å². The van der Waals surface area contributed by atoms with Crippen molar-refractivity contribution in [3.05, 3.63) is 46.6 Å². The minimum absolute atomic E-state index is 0.0396. The summed E-state index contributed by atoms with van der Waals surface area (Å²) >= 11 is 7.69. The molecule has 0 aliphatic carbocycles. The van der Waals surface area contributed by atoms with Gasteiger partial charge in [-0.2, -0.15) is 0 Å². The predicted molar refractivity (Wildman–Crippen MR) is 118 cm³/mol. The van der Waals surface area contributed by atoms with E-state index in [1.54, 1.807) is 6.07 Å². The number of halogens is 1. The number of anilines is 1. The second-order valence-corrected chi connectivity index (χ2v) is 8.57. The van der Waals surface area contributed by atoms with E-state index >= 15 is 0 Å². The van der Waals surface area contributed by atoms with Crippen molar-refractivity contribution in [2.75, 3.05) is 18.5 Å². The van der Waals surface area contributed by atoms with E-state index in [0.29, 0.717) is 27.5 Å². The van der Waals surface area contributed by atoms with Crippen molar-refractivity contribution in [1.82, 2.24) is 15.3 Å². The Morgan fingerprint density at radius 1 is 1.21 bits per heavy atom. The third kappa shape index (κ3) is 6.67. The molecule has 1 aromatic heterocycles. The van der Waals surface area contributed by atoms with Crippen molar-refractivity contribution >= 4 is 35.1 Å². The molecular weight excluding hydrogens is 392 g/mol. The van der Waals surface area contributed by atoms with Crippen LogP contribution in [0, 0.1) is 5.92 Å². The number of benzene rings is 1. The Labute approximate surface area is 177 Å². The maximum Gasteiger partial charge on any atom is 0.251 e. The molecule has 0 unspecified atom stereocenters. The molecule has 0 bridgehead atoms. The third-order valence-electron chi connectivity index (χ3n) is 4.55. The Kier molecular flexibility index (Phi) is 8.58. The highest BCUT2D eigenvalue weighted by Crippen LogP contribution is 2.24. The van der Waals surface area contributed by atoms with Gasteiger partial charge in [-0.15, -0.1) is 0 Å². The molecule has 0 saturated heterocycles. The lowest BCUT2D eigenvalue weighted by atomic mass is 10.1. The molecule has 5 nitrogen and oxygen atoms in total. The molecule has 2 aromatic rings. The van der Waals surface area contributed by atoms with Gasteiger partial charge in [-0.05, 0) is 37.0 Å². The number of rotatable bonds is 9. The topological polar surface area (TPSA) is 58.1 Å². The Morgan fingerprint density at radius 2 is 1.89 bits per heavy atom. The molecule has 0 aliphatic rings. The quantitative estimate of drug-likeness (QED) is 0.349. The fourth-order valence-electron chi connectivity index (χ4n) is 2.45. The van der Waals surface area contributed by atoms with Crippen molar-refractivity contribution in [2.24, 2.45) is 5.92 Å². The van der Waals surface area contributed by atoms with E-state index in [9.17, 15) is 4.79 Å². The van der Waals surface area contributed by atoms with Gasteiger partial charge < -0.3 is 10.2 Å². The Balaban J connectivity index is 1.99. The normalized spacial score (nSPS) is 12.1. The minimum Gasteiger partial charge on any atom is -0.360 e. The first-order valence-electron chi connectivity index (χ1n) is 9.58. The number of hydrogen-bond acceptors (Lipinski definition) is 5. The van der Waals surface area contributed by atoms with Crippen LogP contribution in [0.5, 0.6) is 0 Å². The zero-order chi connectivity index (χ0) is 20.7. The zero-order valence-electron chi connectivity index (χ0n) is 17.2. The third-order valence-corrected chi connectivity index (χ3v) is 5.67. The van der Waals surface area contributed by atoms with E-state index in [4.69, 9.17) is 11.6 Å². The minimum atomic E-state index is -0.0396. The van der Waals surface area contributed by atoms with E-state index in [0.717, 1.165) is 24.3 Å². The van der Waals surface area contributed by atoms with Crippen LogP contribution in [0.3, 0.4) is 0 Å². The molecule has 1 amide bonds. The Morgan fingerprint density at radius 3 is 2.50 bits per heavy atom. The van der Waals surface area contributed by atoms with Crippen LogP contribution in [-0.4, -0.2) is 35.5 Å². The van der Waals surface area contributed by atoms with Crippen LogP contribution in [0.4, 0.5) is 5.82 Å². The summed E-state index contributed by atoms with van der Waals surface area (Å²) in [5, 5.41) is 4.12. The molecule has 0 radical (unpaired) electrons. The summed E-state index contributed by atoms with van der Waals surface area (Å²) in [5.41, 5.74) is 1.77. The average molecular weight is 421 g/mol. The highest BCUT2D eigenvalue weighted by Gasteiger charge is 2.13. The van der Waals surface area contributed by atoms with Gasteiger partial charge in [-0.25, -0.2) is 9.97 Å². The van der Waals surface area contributed by atoms with Crippen LogP contribution in [0.15, 0.2) is 35.5 Å². The number of hydrogen-bond donors (Lipinski definition) is 1. The largest absolute Gasteiger partial charge is 0.360 e. The molecule has 1 aromatic carbocycles. The van der Waals surface area contributed by atoms with Gasteiger partial charge in [0.1, 0.15) is 11.0 Å². The number of amides is 1. The van der Waals surface area contributed by atoms with Crippen LogP contribution in [-0.2, 0) is 5.75 Å². The number of thioether (sulfide) groups is 1. The van der Waals surface area contributed by atoms with E-state index < -0.39 is 0 Å². The molecule has 1 N–H and O–H groups in total. The van der Waals surface area contributed by atoms with Gasteiger partial charge in [-0.1, -0.05) is 56.3 Å². The fraction of sp³-hybridized carbons (Fsp3) is 0.476. The first kappa shape index (κ1) is 22.5. The summed E-state index contributed by atoms with van der Waals surface area (Å²) < 4.78 is 0. The van der Waals surface area contributed by atoms with Crippen molar-refractivity contribution in [3.8, 4) is 0 Å². The van der Waals surface area contributed by atoms with Crippen molar-refractivity contribution in [1.29, 1.82) is 0 Å². The van der Waals surface area contributed by atoms with Gasteiger partial charge in [0.05, 0.1) is 0 Å². The summed E-state index contributed by atoms with van der Waals surface area (Å²) in [6.07, 6.45) is 1.04. The fourth-order valence-corrected chi connectivity index (χ4v) is 3.49. The molecule has 0 spiro atoms. The summed E-state index contributed by atoms with van der Waals surface area (Å²) in [6, 6.07) is 9.58. The number of nitrogens with one attached hydrogen (secondary N) is 1. The molecular formula is C21H29ClN4OS. The lowest BCUT2D eigenvalue weighted by Gasteiger charge is -2.18.